The zero-order valence-corrected chi connectivity index (χ0v) is 22.2. The maximum Gasteiger partial charge on any atom is 0.417 e. The van der Waals surface area contributed by atoms with E-state index in [4.69, 9.17) is 16.3 Å². The average molecular weight is 519 g/mol. The predicted molar refractivity (Wildman–Crippen MR) is 148 cm³/mol. The molecular formula is C28H31ClN6O2. The molecule has 1 aromatic heterocycles. The first kappa shape index (κ1) is 26.2. The number of hydrogen-bond acceptors (Lipinski definition) is 6. The van der Waals surface area contributed by atoms with Crippen LogP contribution in [0, 0.1) is 11.8 Å². The number of nitrogens with zero attached hydrogens (tertiary/aromatic N) is 4. The first-order valence-electron chi connectivity index (χ1n) is 12.3. The van der Waals surface area contributed by atoms with Crippen molar-refractivity contribution < 1.29 is 9.53 Å². The van der Waals surface area contributed by atoms with Gasteiger partial charge >= 0.3 is 6.09 Å². The van der Waals surface area contributed by atoms with Crippen LogP contribution in [0.2, 0.25) is 5.02 Å². The molecule has 0 unspecified atom stereocenters. The summed E-state index contributed by atoms with van der Waals surface area (Å²) < 4.78 is 5.54. The fraction of sp³-hybridized carbons (Fsp3) is 0.286. The molecule has 192 valence electrons. The lowest BCUT2D eigenvalue weighted by molar-refractivity contribution is 0.215. The van der Waals surface area contributed by atoms with Crippen molar-refractivity contribution in [2.24, 2.45) is 11.8 Å². The van der Waals surface area contributed by atoms with E-state index in [9.17, 15) is 4.79 Å². The monoisotopic (exact) mass is 518 g/mol. The number of carbonyl (C=O) groups excluding carboxylic acids is 1. The van der Waals surface area contributed by atoms with Crippen molar-refractivity contribution >= 4 is 29.1 Å². The fourth-order valence-electron chi connectivity index (χ4n) is 4.19. The van der Waals surface area contributed by atoms with E-state index in [1.165, 1.54) is 0 Å². The van der Waals surface area contributed by atoms with Gasteiger partial charge in [0.15, 0.2) is 5.82 Å². The van der Waals surface area contributed by atoms with Crippen LogP contribution >= 0.6 is 11.6 Å². The molecule has 37 heavy (non-hydrogen) atoms. The number of halogens is 1. The van der Waals surface area contributed by atoms with Crippen LogP contribution in [-0.4, -0.2) is 39.8 Å². The highest BCUT2D eigenvalue weighted by Crippen LogP contribution is 2.36. The van der Waals surface area contributed by atoms with Crippen molar-refractivity contribution in [1.29, 1.82) is 0 Å². The SMILES string of the molecule is CC(C)CN(CC(C)C)c1ccc(-c2ccccc2-c2nnn[nH]2)cc1NC(=O)Oc1ccc(Cl)cc1. The molecule has 0 aliphatic carbocycles. The zero-order valence-electron chi connectivity index (χ0n) is 21.4. The average Bonchev–Trinajstić information content (AvgIpc) is 3.39. The third-order valence-corrected chi connectivity index (χ3v) is 5.86. The van der Waals surface area contributed by atoms with Gasteiger partial charge in [-0.05, 0) is 69.8 Å². The molecular weight excluding hydrogens is 488 g/mol. The highest BCUT2D eigenvalue weighted by Gasteiger charge is 2.19. The molecule has 0 saturated carbocycles. The topological polar surface area (TPSA) is 96.0 Å². The number of aromatic amines is 1. The van der Waals surface area contributed by atoms with Crippen molar-refractivity contribution in [1.82, 2.24) is 20.6 Å². The third-order valence-electron chi connectivity index (χ3n) is 5.61. The Morgan fingerprint density at radius 2 is 1.65 bits per heavy atom. The molecule has 4 aromatic rings. The van der Waals surface area contributed by atoms with Crippen LogP contribution in [0.5, 0.6) is 5.75 Å². The highest BCUT2D eigenvalue weighted by molar-refractivity contribution is 6.30. The zero-order chi connectivity index (χ0) is 26.4. The second kappa shape index (κ2) is 11.9. The van der Waals surface area contributed by atoms with E-state index in [1.54, 1.807) is 24.3 Å². The second-order valence-corrected chi connectivity index (χ2v) is 10.1. The highest BCUT2D eigenvalue weighted by atomic mass is 35.5. The lowest BCUT2D eigenvalue weighted by atomic mass is 9.98. The molecule has 8 nitrogen and oxygen atoms in total. The Morgan fingerprint density at radius 1 is 0.973 bits per heavy atom. The summed E-state index contributed by atoms with van der Waals surface area (Å²) in [6.07, 6.45) is -0.581. The Hall–Kier alpha value is -3.91. The summed E-state index contributed by atoms with van der Waals surface area (Å²) in [7, 11) is 0. The molecule has 0 aliphatic heterocycles. The summed E-state index contributed by atoms with van der Waals surface area (Å²) in [6.45, 7) is 10.4. The third kappa shape index (κ3) is 6.86. The summed E-state index contributed by atoms with van der Waals surface area (Å²) in [5.74, 6) is 1.85. The number of tetrazole rings is 1. The molecule has 0 bridgehead atoms. The van der Waals surface area contributed by atoms with Gasteiger partial charge in [0.25, 0.3) is 0 Å². The molecule has 0 aliphatic rings. The smallest absolute Gasteiger partial charge is 0.410 e. The van der Waals surface area contributed by atoms with Crippen LogP contribution in [0.1, 0.15) is 27.7 Å². The number of rotatable bonds is 9. The van der Waals surface area contributed by atoms with Crippen LogP contribution in [0.3, 0.4) is 0 Å². The standard InChI is InChI=1S/C28H31ClN6O2/c1-18(2)16-35(17-19(3)4)26-14-9-20(23-7-5-6-8-24(23)27-31-33-34-32-27)15-25(26)30-28(36)37-22-12-10-21(29)11-13-22/h5-15,18-19H,16-17H2,1-4H3,(H,30,36)(H,31,32,33,34). The van der Waals surface area contributed by atoms with Crippen molar-refractivity contribution in [3.63, 3.8) is 0 Å². The minimum absolute atomic E-state index is 0.406. The fourth-order valence-corrected chi connectivity index (χ4v) is 4.32. The van der Waals surface area contributed by atoms with Crippen molar-refractivity contribution in [2.75, 3.05) is 23.3 Å². The molecule has 1 heterocycles. The summed E-state index contributed by atoms with van der Waals surface area (Å²) in [4.78, 5) is 15.3. The van der Waals surface area contributed by atoms with Crippen LogP contribution in [0.25, 0.3) is 22.5 Å². The summed E-state index contributed by atoms with van der Waals surface area (Å²) in [5, 5.41) is 17.9. The normalized spacial score (nSPS) is 11.1. The number of hydrogen-bond donors (Lipinski definition) is 2. The number of H-pyrrole nitrogens is 1. The number of aromatic nitrogens is 4. The minimum atomic E-state index is -0.581. The van der Waals surface area contributed by atoms with E-state index < -0.39 is 6.09 Å². The van der Waals surface area contributed by atoms with Gasteiger partial charge in [0, 0.05) is 23.7 Å². The van der Waals surface area contributed by atoms with Crippen LogP contribution in [0.4, 0.5) is 16.2 Å². The Balaban J connectivity index is 1.74. The van der Waals surface area contributed by atoms with Gasteiger partial charge < -0.3 is 9.64 Å². The number of anilines is 2. The molecule has 0 atom stereocenters. The van der Waals surface area contributed by atoms with Crippen molar-refractivity contribution in [2.45, 2.75) is 27.7 Å². The molecule has 4 rings (SSSR count). The van der Waals surface area contributed by atoms with Crippen molar-refractivity contribution in [3.8, 4) is 28.3 Å². The van der Waals surface area contributed by atoms with Gasteiger partial charge in [-0.15, -0.1) is 5.10 Å². The molecule has 0 radical (unpaired) electrons. The van der Waals surface area contributed by atoms with Crippen molar-refractivity contribution in [3.05, 3.63) is 71.8 Å². The van der Waals surface area contributed by atoms with Gasteiger partial charge in [0.2, 0.25) is 0 Å². The van der Waals surface area contributed by atoms with Gasteiger partial charge in [-0.2, -0.15) is 0 Å². The summed E-state index contributed by atoms with van der Waals surface area (Å²) in [5.41, 5.74) is 4.28. The van der Waals surface area contributed by atoms with Gasteiger partial charge in [0.05, 0.1) is 11.4 Å². The molecule has 2 N–H and O–H groups in total. The van der Waals surface area contributed by atoms with Crippen LogP contribution in [0.15, 0.2) is 66.7 Å². The maximum absolute atomic E-state index is 13.0. The summed E-state index contributed by atoms with van der Waals surface area (Å²) in [6, 6.07) is 20.6. The lowest BCUT2D eigenvalue weighted by Crippen LogP contribution is -2.32. The second-order valence-electron chi connectivity index (χ2n) is 9.69. The van der Waals surface area contributed by atoms with Gasteiger partial charge in [-0.1, -0.05) is 69.6 Å². The molecule has 3 aromatic carbocycles. The van der Waals surface area contributed by atoms with Gasteiger partial charge in [0.1, 0.15) is 5.75 Å². The van der Waals surface area contributed by atoms with E-state index in [-0.39, 0.29) is 0 Å². The van der Waals surface area contributed by atoms with Gasteiger partial charge in [-0.3, -0.25) is 5.32 Å². The lowest BCUT2D eigenvalue weighted by Gasteiger charge is -2.30. The molecule has 0 spiro atoms. The molecule has 0 saturated heterocycles. The number of nitrogens with one attached hydrogen (secondary N) is 2. The van der Waals surface area contributed by atoms with E-state index in [0.717, 1.165) is 35.5 Å². The quantitative estimate of drug-likeness (QED) is 0.250. The van der Waals surface area contributed by atoms with Crippen LogP contribution < -0.4 is 15.0 Å². The van der Waals surface area contributed by atoms with E-state index in [1.807, 2.05) is 36.4 Å². The molecule has 0 fully saturated rings. The summed E-state index contributed by atoms with van der Waals surface area (Å²) >= 11 is 5.97. The Morgan fingerprint density at radius 3 is 2.27 bits per heavy atom. The molecule has 1 amide bonds. The first-order chi connectivity index (χ1) is 17.8. The van der Waals surface area contributed by atoms with Crippen LogP contribution in [-0.2, 0) is 0 Å². The minimum Gasteiger partial charge on any atom is -0.410 e. The Kier molecular flexibility index (Phi) is 8.40. The Bertz CT molecular complexity index is 1310. The maximum atomic E-state index is 13.0. The van der Waals surface area contributed by atoms with E-state index >= 15 is 0 Å². The molecule has 9 heteroatoms. The number of carbonyl (C=O) groups is 1. The van der Waals surface area contributed by atoms with E-state index in [0.29, 0.717) is 34.1 Å². The predicted octanol–water partition coefficient (Wildman–Crippen LogP) is 6.92. The first-order valence-corrected chi connectivity index (χ1v) is 12.6. The number of benzene rings is 3. The number of amides is 1. The number of ether oxygens (including phenoxy) is 1. The van der Waals surface area contributed by atoms with Gasteiger partial charge in [-0.25, -0.2) is 9.89 Å². The largest absolute Gasteiger partial charge is 0.417 e. The Labute approximate surface area is 222 Å². The van der Waals surface area contributed by atoms with E-state index in [2.05, 4.69) is 64.6 Å².